The summed E-state index contributed by atoms with van der Waals surface area (Å²) < 4.78 is 7.18. The summed E-state index contributed by atoms with van der Waals surface area (Å²) in [5.74, 6) is 2.74. The number of hydrogen-bond donors (Lipinski definition) is 1. The molecule has 0 bridgehead atoms. The van der Waals surface area contributed by atoms with E-state index in [2.05, 4.69) is 25.8 Å². The second kappa shape index (κ2) is 9.77. The third-order valence-electron chi connectivity index (χ3n) is 13.4. The van der Waals surface area contributed by atoms with Crippen molar-refractivity contribution >= 4 is 5.97 Å². The van der Waals surface area contributed by atoms with Crippen LogP contribution in [-0.4, -0.2) is 78.0 Å². The number of esters is 1. The molecule has 37 heavy (non-hydrogen) atoms. The van der Waals surface area contributed by atoms with Crippen molar-refractivity contribution in [3.63, 3.8) is 0 Å². The zero-order valence-corrected chi connectivity index (χ0v) is 24.3. The monoisotopic (exact) mass is 515 g/mol. The van der Waals surface area contributed by atoms with Crippen molar-refractivity contribution in [2.75, 3.05) is 33.2 Å². The molecule has 0 spiro atoms. The fourth-order valence-electron chi connectivity index (χ4n) is 11.4. The van der Waals surface area contributed by atoms with Crippen LogP contribution in [0.2, 0.25) is 0 Å². The van der Waals surface area contributed by atoms with Crippen LogP contribution < -0.4 is 0 Å². The first-order valence-corrected chi connectivity index (χ1v) is 16.1. The predicted molar refractivity (Wildman–Crippen MR) is 147 cm³/mol. The highest BCUT2D eigenvalue weighted by atomic mass is 16.5. The molecule has 6 fully saturated rings. The summed E-state index contributed by atoms with van der Waals surface area (Å²) >= 11 is 0. The van der Waals surface area contributed by atoms with Gasteiger partial charge < -0.3 is 14.3 Å². The Morgan fingerprint density at radius 2 is 1.62 bits per heavy atom. The van der Waals surface area contributed by atoms with Gasteiger partial charge in [-0.05, 0) is 113 Å². The van der Waals surface area contributed by atoms with Crippen molar-refractivity contribution in [2.24, 2.45) is 34.5 Å². The normalized spacial score (nSPS) is 50.0. The highest BCUT2D eigenvalue weighted by Gasteiger charge is 2.66. The molecule has 2 saturated heterocycles. The molecule has 0 aromatic carbocycles. The molecule has 0 aromatic rings. The Balaban J connectivity index is 1.26. The van der Waals surface area contributed by atoms with Gasteiger partial charge in [-0.25, -0.2) is 0 Å². The van der Waals surface area contributed by atoms with Gasteiger partial charge in [-0.1, -0.05) is 20.3 Å². The molecule has 5 nitrogen and oxygen atoms in total. The van der Waals surface area contributed by atoms with Crippen molar-refractivity contribution in [3.05, 3.63) is 0 Å². The van der Waals surface area contributed by atoms with Gasteiger partial charge in [0.2, 0.25) is 0 Å². The van der Waals surface area contributed by atoms with Crippen LogP contribution in [0.5, 0.6) is 0 Å². The van der Waals surface area contributed by atoms with Gasteiger partial charge in [0.1, 0.15) is 18.2 Å². The summed E-state index contributed by atoms with van der Waals surface area (Å²) in [6.45, 7) is 11.6. The molecule has 1 N–H and O–H groups in total. The summed E-state index contributed by atoms with van der Waals surface area (Å²) in [6.07, 6.45) is 16.4. The Morgan fingerprint density at radius 3 is 2.32 bits per heavy atom. The highest BCUT2D eigenvalue weighted by molar-refractivity contribution is 5.66. The molecule has 0 amide bonds. The molecule has 6 rings (SSSR count). The molecule has 210 valence electrons. The fraction of sp³-hybridized carbons (Fsp3) is 0.969. The van der Waals surface area contributed by atoms with Gasteiger partial charge in [0, 0.05) is 24.8 Å². The number of piperidine rings is 2. The standard InChI is InChI=1S/C32H55N2O3/c1-22(35)37-29-19-23-11-12-24-25(32(23,3)21-27(29)33-15-7-5-8-16-33)13-14-31(2)26(24)20-28(30(31)36)34(4)17-9-6-10-18-34/h23-30,36H,5-21H2,1-4H3/q+1/t23?,24-,25-,26+,27?,28?,29?,30?,31+,32+/m1/s1. The molecular weight excluding hydrogens is 460 g/mol. The number of quaternary nitrogens is 1. The lowest BCUT2D eigenvalue weighted by molar-refractivity contribution is -0.940. The maximum atomic E-state index is 12.1. The van der Waals surface area contributed by atoms with Crippen LogP contribution in [0.1, 0.15) is 104 Å². The Kier molecular flexibility index (Phi) is 7.01. The average Bonchev–Trinajstić information content (AvgIpc) is 3.16. The van der Waals surface area contributed by atoms with Crippen LogP contribution in [0.25, 0.3) is 0 Å². The van der Waals surface area contributed by atoms with E-state index in [9.17, 15) is 9.90 Å². The van der Waals surface area contributed by atoms with E-state index in [-0.39, 0.29) is 23.6 Å². The number of carbonyl (C=O) groups is 1. The number of fused-ring (bicyclic) bond motifs is 5. The van der Waals surface area contributed by atoms with Crippen molar-refractivity contribution in [3.8, 4) is 0 Å². The number of ether oxygens (including phenoxy) is 1. The lowest BCUT2D eigenvalue weighted by Gasteiger charge is -2.62. The summed E-state index contributed by atoms with van der Waals surface area (Å²) in [6, 6.07) is 0.817. The SMILES string of the molecule is CC(=O)OC1CC2CC[C@@H]3[C@@H](CC[C@]4(C)C(O)C([N+]5(C)CCCCC5)C[C@@H]34)[C@@]2(C)CC1N1CCCCC1. The third kappa shape index (κ3) is 4.32. The van der Waals surface area contributed by atoms with E-state index in [0.29, 0.717) is 29.3 Å². The molecular formula is C32H55N2O3+. The number of carbonyl (C=O) groups excluding carboxylic acids is 1. The first kappa shape index (κ1) is 26.6. The van der Waals surface area contributed by atoms with Crippen LogP contribution in [0, 0.1) is 34.5 Å². The van der Waals surface area contributed by atoms with Gasteiger partial charge in [0.25, 0.3) is 0 Å². The van der Waals surface area contributed by atoms with Crippen LogP contribution >= 0.6 is 0 Å². The van der Waals surface area contributed by atoms with Gasteiger partial charge in [-0.15, -0.1) is 0 Å². The zero-order valence-electron chi connectivity index (χ0n) is 24.3. The second-order valence-electron chi connectivity index (χ2n) is 15.2. The average molecular weight is 516 g/mol. The van der Waals surface area contributed by atoms with E-state index in [1.165, 1.54) is 103 Å². The van der Waals surface area contributed by atoms with Crippen molar-refractivity contribution in [2.45, 2.75) is 129 Å². The predicted octanol–water partition coefficient (Wildman–Crippen LogP) is 5.40. The highest BCUT2D eigenvalue weighted by Crippen LogP contribution is 2.67. The largest absolute Gasteiger partial charge is 0.461 e. The van der Waals surface area contributed by atoms with E-state index in [4.69, 9.17) is 4.74 Å². The van der Waals surface area contributed by atoms with E-state index >= 15 is 0 Å². The fourth-order valence-corrected chi connectivity index (χ4v) is 11.4. The van der Waals surface area contributed by atoms with Crippen LogP contribution in [0.3, 0.4) is 0 Å². The van der Waals surface area contributed by atoms with E-state index < -0.39 is 0 Å². The van der Waals surface area contributed by atoms with E-state index in [0.717, 1.165) is 22.7 Å². The van der Waals surface area contributed by atoms with Gasteiger partial charge in [-0.3, -0.25) is 9.69 Å². The second-order valence-corrected chi connectivity index (χ2v) is 15.2. The minimum Gasteiger partial charge on any atom is -0.461 e. The number of rotatable bonds is 3. The first-order valence-electron chi connectivity index (χ1n) is 16.1. The van der Waals surface area contributed by atoms with Gasteiger partial charge in [0.05, 0.1) is 20.1 Å². The molecule has 5 heteroatoms. The van der Waals surface area contributed by atoms with Crippen LogP contribution in [0.15, 0.2) is 0 Å². The lowest BCUT2D eigenvalue weighted by Crippen LogP contribution is -2.61. The molecule has 0 radical (unpaired) electrons. The maximum absolute atomic E-state index is 12.1. The number of aliphatic hydroxyl groups is 1. The maximum Gasteiger partial charge on any atom is 0.302 e. The summed E-state index contributed by atoms with van der Waals surface area (Å²) in [5.41, 5.74) is 0.421. The first-order chi connectivity index (χ1) is 17.7. The summed E-state index contributed by atoms with van der Waals surface area (Å²) in [5, 5.41) is 11.9. The molecule has 2 heterocycles. The number of nitrogens with zero attached hydrogens (tertiary/aromatic N) is 2. The number of hydrogen-bond acceptors (Lipinski definition) is 4. The minimum atomic E-state index is -0.145. The summed E-state index contributed by atoms with van der Waals surface area (Å²) in [4.78, 5) is 14.8. The minimum absolute atomic E-state index is 0.0697. The smallest absolute Gasteiger partial charge is 0.302 e. The quantitative estimate of drug-likeness (QED) is 0.404. The van der Waals surface area contributed by atoms with Gasteiger partial charge >= 0.3 is 5.97 Å². The Bertz CT molecular complexity index is 851. The molecule has 5 unspecified atom stereocenters. The molecule has 0 aromatic heterocycles. The van der Waals surface area contributed by atoms with Crippen molar-refractivity contribution < 1.29 is 19.1 Å². The van der Waals surface area contributed by atoms with Crippen LogP contribution in [0.4, 0.5) is 0 Å². The van der Waals surface area contributed by atoms with Gasteiger partial charge in [0.15, 0.2) is 0 Å². The number of likely N-dealkylation sites (N-methyl/N-ethyl adjacent to an activating group) is 1. The van der Waals surface area contributed by atoms with Crippen molar-refractivity contribution in [1.29, 1.82) is 0 Å². The van der Waals surface area contributed by atoms with E-state index in [1.807, 2.05) is 0 Å². The summed E-state index contributed by atoms with van der Waals surface area (Å²) in [7, 11) is 2.46. The molecule has 2 aliphatic heterocycles. The number of likely N-dealkylation sites (tertiary alicyclic amines) is 2. The lowest BCUT2D eigenvalue weighted by atomic mass is 9.44. The third-order valence-corrected chi connectivity index (χ3v) is 13.4. The Labute approximate surface area is 226 Å². The van der Waals surface area contributed by atoms with Crippen LogP contribution in [-0.2, 0) is 9.53 Å². The molecule has 10 atom stereocenters. The Hall–Kier alpha value is -0.650. The zero-order chi connectivity index (χ0) is 26.0. The van der Waals surface area contributed by atoms with Gasteiger partial charge in [-0.2, -0.15) is 0 Å². The van der Waals surface area contributed by atoms with Crippen molar-refractivity contribution in [1.82, 2.24) is 4.90 Å². The number of aliphatic hydroxyl groups excluding tert-OH is 1. The molecule has 6 aliphatic rings. The van der Waals surface area contributed by atoms with E-state index in [1.54, 1.807) is 6.92 Å². The Morgan fingerprint density at radius 1 is 0.919 bits per heavy atom. The molecule has 4 aliphatic carbocycles. The topological polar surface area (TPSA) is 49.8 Å². The molecule has 4 saturated carbocycles.